The summed E-state index contributed by atoms with van der Waals surface area (Å²) in [5.74, 6) is 0. The van der Waals surface area contributed by atoms with Crippen LogP contribution in [0.5, 0.6) is 0 Å². The van der Waals surface area contributed by atoms with Gasteiger partial charge in [0.05, 0.1) is 4.83 Å². The van der Waals surface area contributed by atoms with Crippen molar-refractivity contribution < 1.29 is 0 Å². The van der Waals surface area contributed by atoms with Crippen LogP contribution in [-0.2, 0) is 19.3 Å². The van der Waals surface area contributed by atoms with Gasteiger partial charge >= 0.3 is 0 Å². The summed E-state index contributed by atoms with van der Waals surface area (Å²) in [7, 11) is 0. The monoisotopic (exact) mass is 408 g/mol. The number of halogens is 2. The van der Waals surface area contributed by atoms with Crippen molar-refractivity contribution in [1.82, 2.24) is 0 Å². The van der Waals surface area contributed by atoms with E-state index >= 15 is 0 Å². The second kappa shape index (κ2) is 7.60. The van der Waals surface area contributed by atoms with E-state index in [9.17, 15) is 0 Å². The van der Waals surface area contributed by atoms with Gasteiger partial charge in [0.1, 0.15) is 0 Å². The van der Waals surface area contributed by atoms with Gasteiger partial charge in [-0.15, -0.1) is 0 Å². The molecule has 0 saturated heterocycles. The van der Waals surface area contributed by atoms with E-state index in [2.05, 4.69) is 89.0 Å². The SMILES string of the molecule is CCc1cc(CC)c(C(Br)c2cccc(Br)c2)c(CC)c1. The minimum atomic E-state index is 0.255. The van der Waals surface area contributed by atoms with Gasteiger partial charge in [0.25, 0.3) is 0 Å². The highest BCUT2D eigenvalue weighted by Crippen LogP contribution is 2.37. The van der Waals surface area contributed by atoms with Crippen LogP contribution in [0.25, 0.3) is 0 Å². The first-order valence-electron chi connectivity index (χ1n) is 7.64. The summed E-state index contributed by atoms with van der Waals surface area (Å²) >= 11 is 7.51. The number of hydrogen-bond acceptors (Lipinski definition) is 0. The molecule has 2 aromatic carbocycles. The Morgan fingerprint density at radius 3 is 2.00 bits per heavy atom. The molecule has 2 rings (SSSR count). The molecule has 0 nitrogen and oxygen atoms in total. The zero-order valence-electron chi connectivity index (χ0n) is 12.9. The van der Waals surface area contributed by atoms with E-state index in [1.165, 1.54) is 27.8 Å². The van der Waals surface area contributed by atoms with Gasteiger partial charge in [-0.2, -0.15) is 0 Å². The molecule has 1 unspecified atom stereocenters. The maximum Gasteiger partial charge on any atom is 0.0650 e. The third-order valence-corrected chi connectivity index (χ3v) is 5.46. The van der Waals surface area contributed by atoms with Gasteiger partial charge in [-0.3, -0.25) is 0 Å². The van der Waals surface area contributed by atoms with Crippen LogP contribution < -0.4 is 0 Å². The van der Waals surface area contributed by atoms with Crippen molar-refractivity contribution in [3.05, 3.63) is 68.7 Å². The standard InChI is InChI=1S/C19H22Br2/c1-4-13-10-14(5-2)18(15(6-3)11-13)19(21)16-8-7-9-17(20)12-16/h7-12,19H,4-6H2,1-3H3. The molecule has 0 radical (unpaired) electrons. The van der Waals surface area contributed by atoms with Crippen LogP contribution in [0.15, 0.2) is 40.9 Å². The lowest BCUT2D eigenvalue weighted by Crippen LogP contribution is -2.05. The highest BCUT2D eigenvalue weighted by molar-refractivity contribution is 9.10. The van der Waals surface area contributed by atoms with Crippen LogP contribution in [0.2, 0.25) is 0 Å². The minimum absolute atomic E-state index is 0.255. The van der Waals surface area contributed by atoms with Crippen molar-refractivity contribution >= 4 is 31.9 Å². The minimum Gasteiger partial charge on any atom is -0.0786 e. The number of alkyl halides is 1. The van der Waals surface area contributed by atoms with Crippen LogP contribution in [0.1, 0.15) is 53.4 Å². The van der Waals surface area contributed by atoms with Gasteiger partial charge < -0.3 is 0 Å². The molecule has 0 spiro atoms. The molecular weight excluding hydrogens is 388 g/mol. The second-order valence-corrected chi connectivity index (χ2v) is 7.14. The Balaban J connectivity index is 2.55. The van der Waals surface area contributed by atoms with Crippen molar-refractivity contribution in [2.45, 2.75) is 44.9 Å². The molecule has 0 heterocycles. The first-order chi connectivity index (χ1) is 10.1. The molecule has 2 heteroatoms. The molecule has 2 aromatic rings. The lowest BCUT2D eigenvalue weighted by Gasteiger charge is -2.21. The number of rotatable bonds is 5. The fourth-order valence-corrected chi connectivity index (χ4v) is 4.09. The summed E-state index contributed by atoms with van der Waals surface area (Å²) in [5, 5.41) is 0. The van der Waals surface area contributed by atoms with Crippen LogP contribution >= 0.6 is 31.9 Å². The quantitative estimate of drug-likeness (QED) is 0.486. The highest BCUT2D eigenvalue weighted by atomic mass is 79.9. The van der Waals surface area contributed by atoms with Crippen LogP contribution in [0.4, 0.5) is 0 Å². The second-order valence-electron chi connectivity index (χ2n) is 5.31. The summed E-state index contributed by atoms with van der Waals surface area (Å²) in [6, 6.07) is 13.3. The topological polar surface area (TPSA) is 0 Å². The van der Waals surface area contributed by atoms with Crippen molar-refractivity contribution in [2.24, 2.45) is 0 Å². The smallest absolute Gasteiger partial charge is 0.0650 e. The molecule has 0 saturated carbocycles. The molecule has 0 aliphatic heterocycles. The lowest BCUT2D eigenvalue weighted by atomic mass is 9.89. The van der Waals surface area contributed by atoms with Crippen molar-refractivity contribution in [1.29, 1.82) is 0 Å². The molecule has 0 fully saturated rings. The number of benzene rings is 2. The summed E-state index contributed by atoms with van der Waals surface area (Å²) in [6.45, 7) is 6.73. The molecule has 112 valence electrons. The lowest BCUT2D eigenvalue weighted by molar-refractivity contribution is 0.974. The molecule has 1 atom stereocenters. The van der Waals surface area contributed by atoms with E-state index in [0.29, 0.717) is 0 Å². The highest BCUT2D eigenvalue weighted by Gasteiger charge is 2.18. The Hall–Kier alpha value is -0.600. The molecule has 0 aliphatic rings. The van der Waals surface area contributed by atoms with E-state index in [1.807, 2.05) is 0 Å². The Bertz CT molecular complexity index is 592. The average Bonchev–Trinajstić information content (AvgIpc) is 2.52. The molecule has 0 amide bonds. The zero-order chi connectivity index (χ0) is 15.4. The molecule has 0 aromatic heterocycles. The van der Waals surface area contributed by atoms with E-state index in [-0.39, 0.29) is 4.83 Å². The van der Waals surface area contributed by atoms with E-state index < -0.39 is 0 Å². The first-order valence-corrected chi connectivity index (χ1v) is 9.35. The number of aryl methyl sites for hydroxylation is 3. The Kier molecular flexibility index (Phi) is 6.07. The van der Waals surface area contributed by atoms with Gasteiger partial charge in [0.2, 0.25) is 0 Å². The van der Waals surface area contributed by atoms with E-state index in [1.54, 1.807) is 0 Å². The predicted molar refractivity (Wildman–Crippen MR) is 99.5 cm³/mol. The molecule has 21 heavy (non-hydrogen) atoms. The Labute approximate surface area is 145 Å². The van der Waals surface area contributed by atoms with Gasteiger partial charge in [0.15, 0.2) is 0 Å². The molecule has 0 aliphatic carbocycles. The van der Waals surface area contributed by atoms with E-state index in [4.69, 9.17) is 0 Å². The summed E-state index contributed by atoms with van der Waals surface area (Å²) in [4.78, 5) is 0.255. The normalized spacial score (nSPS) is 12.4. The van der Waals surface area contributed by atoms with Gasteiger partial charge in [-0.1, -0.05) is 76.9 Å². The fourth-order valence-electron chi connectivity index (χ4n) is 2.80. The molecular formula is C19H22Br2. The third kappa shape index (κ3) is 3.78. The van der Waals surface area contributed by atoms with Crippen molar-refractivity contribution in [3.63, 3.8) is 0 Å². The van der Waals surface area contributed by atoms with Crippen LogP contribution in [0, 0.1) is 0 Å². The Morgan fingerprint density at radius 2 is 1.52 bits per heavy atom. The van der Waals surface area contributed by atoms with Crippen LogP contribution in [0.3, 0.4) is 0 Å². The fraction of sp³-hybridized carbons (Fsp3) is 0.368. The van der Waals surface area contributed by atoms with E-state index in [0.717, 1.165) is 23.7 Å². The zero-order valence-corrected chi connectivity index (χ0v) is 16.1. The average molecular weight is 410 g/mol. The van der Waals surface area contributed by atoms with Gasteiger partial charge in [-0.25, -0.2) is 0 Å². The maximum atomic E-state index is 3.94. The summed E-state index contributed by atoms with van der Waals surface area (Å²) in [5.41, 5.74) is 7.14. The van der Waals surface area contributed by atoms with Crippen molar-refractivity contribution in [3.8, 4) is 0 Å². The predicted octanol–water partition coefficient (Wildman–Crippen LogP) is 6.62. The van der Waals surface area contributed by atoms with Crippen molar-refractivity contribution in [2.75, 3.05) is 0 Å². The number of hydrogen-bond donors (Lipinski definition) is 0. The van der Waals surface area contributed by atoms with Gasteiger partial charge in [-0.05, 0) is 59.2 Å². The largest absolute Gasteiger partial charge is 0.0786 e. The molecule has 0 N–H and O–H groups in total. The maximum absolute atomic E-state index is 3.94. The van der Waals surface area contributed by atoms with Crippen LogP contribution in [-0.4, -0.2) is 0 Å². The molecule has 0 bridgehead atoms. The van der Waals surface area contributed by atoms with Gasteiger partial charge in [0, 0.05) is 4.47 Å². The summed E-state index contributed by atoms with van der Waals surface area (Å²) in [6.07, 6.45) is 3.25. The summed E-state index contributed by atoms with van der Waals surface area (Å²) < 4.78 is 1.13. The first kappa shape index (κ1) is 16.8. The Morgan fingerprint density at radius 1 is 0.905 bits per heavy atom. The third-order valence-electron chi connectivity index (χ3n) is 3.98.